The summed E-state index contributed by atoms with van der Waals surface area (Å²) < 4.78 is 0. The summed E-state index contributed by atoms with van der Waals surface area (Å²) in [5, 5.41) is 0. The topological polar surface area (TPSA) is 3.24 Å². The maximum absolute atomic E-state index is 3.75. The van der Waals surface area contributed by atoms with Crippen LogP contribution in [0.15, 0.2) is 67.8 Å². The Morgan fingerprint density at radius 2 is 1.30 bits per heavy atom. The van der Waals surface area contributed by atoms with Crippen LogP contribution in [0.5, 0.6) is 0 Å². The lowest BCUT2D eigenvalue weighted by Gasteiger charge is -2.17. The third-order valence-electron chi connectivity index (χ3n) is 3.86. The van der Waals surface area contributed by atoms with Crippen molar-refractivity contribution in [1.82, 2.24) is 4.90 Å². The number of nitrogens with zero attached hydrogens (tertiary/aromatic N) is 1. The summed E-state index contributed by atoms with van der Waals surface area (Å²) in [6.07, 6.45) is 4.85. The second-order valence-electron chi connectivity index (χ2n) is 5.34. The summed E-state index contributed by atoms with van der Waals surface area (Å²) in [6.45, 7) is 15.2. The molecule has 0 bridgehead atoms. The number of benzene rings is 2. The zero-order valence-corrected chi connectivity index (χ0v) is 14.5. The summed E-state index contributed by atoms with van der Waals surface area (Å²) in [5.41, 5.74) is 3.78. The number of hydrogen-bond acceptors (Lipinski definition) is 1. The Hall–Kier alpha value is -2.12. The Kier molecular flexibility index (Phi) is 9.42. The maximum Gasteiger partial charge on any atom is 0.00216 e. The first kappa shape index (κ1) is 18.9. The standard InChI is InChI=1S/C14H21N.C8H8/c1-4-13-7-9-14(10-8-13)11-12-15(5-2)6-3;1-2-8-6-4-3-5-7-8/h4,7-10H,1,5-6,11-12H2,2-3H3;2-7H,1H2. The minimum Gasteiger partial charge on any atom is -0.304 e. The van der Waals surface area contributed by atoms with Crippen molar-refractivity contribution >= 4 is 12.2 Å². The fourth-order valence-electron chi connectivity index (χ4n) is 2.24. The van der Waals surface area contributed by atoms with Crippen LogP contribution in [0.1, 0.15) is 30.5 Å². The summed E-state index contributed by atoms with van der Waals surface area (Å²) in [7, 11) is 0. The van der Waals surface area contributed by atoms with E-state index in [1.807, 2.05) is 42.5 Å². The van der Waals surface area contributed by atoms with Crippen LogP contribution in [0.25, 0.3) is 12.2 Å². The fourth-order valence-corrected chi connectivity index (χ4v) is 2.24. The summed E-state index contributed by atoms with van der Waals surface area (Å²) in [4.78, 5) is 2.45. The van der Waals surface area contributed by atoms with E-state index in [4.69, 9.17) is 0 Å². The van der Waals surface area contributed by atoms with Crippen molar-refractivity contribution in [2.75, 3.05) is 19.6 Å². The van der Waals surface area contributed by atoms with E-state index in [2.05, 4.69) is 56.2 Å². The third-order valence-corrected chi connectivity index (χ3v) is 3.86. The first-order valence-electron chi connectivity index (χ1n) is 8.34. The van der Waals surface area contributed by atoms with Crippen molar-refractivity contribution in [1.29, 1.82) is 0 Å². The summed E-state index contributed by atoms with van der Waals surface area (Å²) in [5.74, 6) is 0. The lowest BCUT2D eigenvalue weighted by Crippen LogP contribution is -2.25. The van der Waals surface area contributed by atoms with Crippen LogP contribution >= 0.6 is 0 Å². The molecule has 0 aliphatic rings. The van der Waals surface area contributed by atoms with Crippen LogP contribution < -0.4 is 0 Å². The minimum absolute atomic E-state index is 1.14. The van der Waals surface area contributed by atoms with Crippen LogP contribution in [0.2, 0.25) is 0 Å². The van der Waals surface area contributed by atoms with Gasteiger partial charge in [0.2, 0.25) is 0 Å². The molecule has 1 heteroatoms. The van der Waals surface area contributed by atoms with Gasteiger partial charge in [-0.05, 0) is 36.2 Å². The average Bonchev–Trinajstić information content (AvgIpc) is 2.64. The van der Waals surface area contributed by atoms with Gasteiger partial charge in [-0.3, -0.25) is 0 Å². The fraction of sp³-hybridized carbons (Fsp3) is 0.273. The molecule has 0 N–H and O–H groups in total. The highest BCUT2D eigenvalue weighted by Crippen LogP contribution is 2.06. The Morgan fingerprint density at radius 1 is 0.783 bits per heavy atom. The molecule has 23 heavy (non-hydrogen) atoms. The average molecular weight is 307 g/mol. The molecule has 122 valence electrons. The van der Waals surface area contributed by atoms with E-state index in [-0.39, 0.29) is 0 Å². The molecular formula is C22H29N. The predicted molar refractivity (Wildman–Crippen MR) is 105 cm³/mol. The number of rotatable bonds is 7. The minimum atomic E-state index is 1.14. The van der Waals surface area contributed by atoms with E-state index in [0.29, 0.717) is 0 Å². The van der Waals surface area contributed by atoms with Crippen molar-refractivity contribution in [3.05, 3.63) is 84.4 Å². The maximum atomic E-state index is 3.75. The van der Waals surface area contributed by atoms with Gasteiger partial charge in [0.25, 0.3) is 0 Å². The molecule has 2 rings (SSSR count). The van der Waals surface area contributed by atoms with Crippen LogP contribution in [0, 0.1) is 0 Å². The normalized spacial score (nSPS) is 9.87. The van der Waals surface area contributed by atoms with Gasteiger partial charge in [0.15, 0.2) is 0 Å². The molecule has 0 atom stereocenters. The van der Waals surface area contributed by atoms with Gasteiger partial charge in [-0.2, -0.15) is 0 Å². The SMILES string of the molecule is C=Cc1ccc(CCN(CC)CC)cc1.C=Cc1ccccc1. The van der Waals surface area contributed by atoms with E-state index in [9.17, 15) is 0 Å². The van der Waals surface area contributed by atoms with Gasteiger partial charge in [0.1, 0.15) is 0 Å². The van der Waals surface area contributed by atoms with E-state index in [0.717, 1.165) is 26.1 Å². The van der Waals surface area contributed by atoms with E-state index < -0.39 is 0 Å². The van der Waals surface area contributed by atoms with Gasteiger partial charge < -0.3 is 4.90 Å². The molecule has 0 unspecified atom stereocenters. The second-order valence-corrected chi connectivity index (χ2v) is 5.34. The molecule has 0 saturated heterocycles. The molecule has 2 aromatic carbocycles. The first-order valence-corrected chi connectivity index (χ1v) is 8.34. The smallest absolute Gasteiger partial charge is 0.00216 e. The van der Waals surface area contributed by atoms with E-state index >= 15 is 0 Å². The molecule has 0 aliphatic heterocycles. The van der Waals surface area contributed by atoms with E-state index in [1.54, 1.807) is 0 Å². The third kappa shape index (κ3) is 7.62. The monoisotopic (exact) mass is 307 g/mol. The quantitative estimate of drug-likeness (QED) is 0.649. The highest BCUT2D eigenvalue weighted by atomic mass is 15.1. The highest BCUT2D eigenvalue weighted by molar-refractivity contribution is 5.47. The second kappa shape index (κ2) is 11.4. The first-order chi connectivity index (χ1) is 11.2. The molecule has 0 amide bonds. The largest absolute Gasteiger partial charge is 0.304 e. The van der Waals surface area contributed by atoms with Gasteiger partial charge in [0, 0.05) is 6.54 Å². The Balaban J connectivity index is 0.000000277. The molecule has 2 aromatic rings. The molecule has 0 spiro atoms. The summed E-state index contributed by atoms with van der Waals surface area (Å²) in [6, 6.07) is 18.7. The van der Waals surface area contributed by atoms with Gasteiger partial charge in [-0.25, -0.2) is 0 Å². The van der Waals surface area contributed by atoms with Crippen LogP contribution in [0.3, 0.4) is 0 Å². The lowest BCUT2D eigenvalue weighted by atomic mass is 10.1. The zero-order valence-electron chi connectivity index (χ0n) is 14.5. The van der Waals surface area contributed by atoms with Gasteiger partial charge in [0.05, 0.1) is 0 Å². The van der Waals surface area contributed by atoms with Crippen molar-refractivity contribution in [2.45, 2.75) is 20.3 Å². The molecule has 0 saturated carbocycles. The molecular weight excluding hydrogens is 278 g/mol. The zero-order chi connectivity index (χ0) is 16.9. The van der Waals surface area contributed by atoms with Crippen molar-refractivity contribution in [2.24, 2.45) is 0 Å². The van der Waals surface area contributed by atoms with Crippen LogP contribution in [0.4, 0.5) is 0 Å². The van der Waals surface area contributed by atoms with E-state index in [1.165, 1.54) is 16.7 Å². The van der Waals surface area contributed by atoms with Gasteiger partial charge >= 0.3 is 0 Å². The predicted octanol–water partition coefficient (Wildman–Crippen LogP) is 5.54. The highest BCUT2D eigenvalue weighted by Gasteiger charge is 1.99. The molecule has 0 fully saturated rings. The molecule has 1 nitrogen and oxygen atoms in total. The van der Waals surface area contributed by atoms with Crippen molar-refractivity contribution in [3.8, 4) is 0 Å². The number of likely N-dealkylation sites (N-methyl/N-ethyl adjacent to an activating group) is 1. The number of hydrogen-bond donors (Lipinski definition) is 0. The summed E-state index contributed by atoms with van der Waals surface area (Å²) >= 11 is 0. The Morgan fingerprint density at radius 3 is 1.74 bits per heavy atom. The van der Waals surface area contributed by atoms with Gasteiger partial charge in [-0.15, -0.1) is 0 Å². The molecule has 0 heterocycles. The van der Waals surface area contributed by atoms with Gasteiger partial charge in [-0.1, -0.05) is 93.8 Å². The molecule has 0 aliphatic carbocycles. The Bertz CT molecular complexity index is 550. The van der Waals surface area contributed by atoms with Crippen LogP contribution in [-0.4, -0.2) is 24.5 Å². The Labute approximate surface area is 142 Å². The van der Waals surface area contributed by atoms with Crippen LogP contribution in [-0.2, 0) is 6.42 Å². The molecule has 0 radical (unpaired) electrons. The van der Waals surface area contributed by atoms with Crippen molar-refractivity contribution in [3.63, 3.8) is 0 Å². The lowest BCUT2D eigenvalue weighted by molar-refractivity contribution is 0.308. The molecule has 0 aromatic heterocycles. The van der Waals surface area contributed by atoms with Crippen molar-refractivity contribution < 1.29 is 0 Å².